The van der Waals surface area contributed by atoms with Crippen LogP contribution in [0.1, 0.15) is 11.4 Å². The molecule has 0 radical (unpaired) electrons. The second kappa shape index (κ2) is 2.96. The number of rotatable bonds is 1. The highest BCUT2D eigenvalue weighted by molar-refractivity contribution is 5.76. The first-order chi connectivity index (χ1) is 4.83. The van der Waals surface area contributed by atoms with Crippen LogP contribution in [0.2, 0.25) is 0 Å². The van der Waals surface area contributed by atoms with Crippen LogP contribution in [0, 0.1) is 6.92 Å². The van der Waals surface area contributed by atoms with E-state index in [2.05, 4.69) is 10.1 Å². The Morgan fingerprint density at radius 3 is 3.00 bits per heavy atom. The molecule has 0 unspecified atom stereocenters. The van der Waals surface area contributed by atoms with Crippen molar-refractivity contribution in [3.05, 3.63) is 29.6 Å². The number of pyridine rings is 1. The number of nitrogens with zero attached hydrogens (tertiary/aromatic N) is 2. The SMILES string of the molecule is Cc1cccc(C=NO)n1. The molecule has 0 aliphatic rings. The Bertz CT molecular complexity index is 245. The molecule has 1 aromatic rings. The van der Waals surface area contributed by atoms with Crippen LogP contribution in [-0.2, 0) is 0 Å². The van der Waals surface area contributed by atoms with Crippen LogP contribution in [0.15, 0.2) is 23.4 Å². The van der Waals surface area contributed by atoms with Crippen LogP contribution in [0.3, 0.4) is 0 Å². The fourth-order valence-corrected chi connectivity index (χ4v) is 0.695. The van der Waals surface area contributed by atoms with Crippen molar-refractivity contribution < 1.29 is 5.21 Å². The average Bonchev–Trinajstić information content (AvgIpc) is 1.88. The molecule has 52 valence electrons. The summed E-state index contributed by atoms with van der Waals surface area (Å²) in [5.41, 5.74) is 1.58. The molecule has 0 bridgehead atoms. The molecule has 3 heteroatoms. The van der Waals surface area contributed by atoms with Crippen molar-refractivity contribution in [1.82, 2.24) is 4.98 Å². The van der Waals surface area contributed by atoms with Crippen LogP contribution in [0.5, 0.6) is 0 Å². The molecule has 3 nitrogen and oxygen atoms in total. The molecule has 0 saturated carbocycles. The molecule has 1 rings (SSSR count). The largest absolute Gasteiger partial charge is 0.411 e. The van der Waals surface area contributed by atoms with E-state index in [4.69, 9.17) is 5.21 Å². The molecule has 0 aromatic carbocycles. The number of hydrogen-bond acceptors (Lipinski definition) is 3. The molecule has 0 saturated heterocycles. The Morgan fingerprint density at radius 2 is 2.40 bits per heavy atom. The molecule has 1 aromatic heterocycles. The van der Waals surface area contributed by atoms with Gasteiger partial charge in [0.05, 0.1) is 11.9 Å². The summed E-state index contributed by atoms with van der Waals surface area (Å²) in [5, 5.41) is 11.0. The van der Waals surface area contributed by atoms with E-state index in [9.17, 15) is 0 Å². The molecule has 0 aliphatic heterocycles. The van der Waals surface area contributed by atoms with Crippen LogP contribution >= 0.6 is 0 Å². The quantitative estimate of drug-likeness (QED) is 0.358. The van der Waals surface area contributed by atoms with Gasteiger partial charge in [-0.3, -0.25) is 4.98 Å². The van der Waals surface area contributed by atoms with Gasteiger partial charge >= 0.3 is 0 Å². The lowest BCUT2D eigenvalue weighted by Gasteiger charge is -1.91. The summed E-state index contributed by atoms with van der Waals surface area (Å²) >= 11 is 0. The first-order valence-corrected chi connectivity index (χ1v) is 2.94. The van der Waals surface area contributed by atoms with E-state index in [-0.39, 0.29) is 0 Å². The first-order valence-electron chi connectivity index (χ1n) is 2.94. The second-order valence-corrected chi connectivity index (χ2v) is 1.95. The first kappa shape index (κ1) is 6.74. The number of aromatic nitrogens is 1. The third kappa shape index (κ3) is 1.55. The van der Waals surface area contributed by atoms with E-state index in [1.807, 2.05) is 19.1 Å². The Balaban J connectivity index is 2.95. The minimum atomic E-state index is 0.669. The van der Waals surface area contributed by atoms with Gasteiger partial charge in [-0.15, -0.1) is 0 Å². The van der Waals surface area contributed by atoms with Crippen molar-refractivity contribution in [3.63, 3.8) is 0 Å². The average molecular weight is 136 g/mol. The lowest BCUT2D eigenvalue weighted by atomic mass is 10.3. The molecular formula is C7H8N2O. The zero-order valence-corrected chi connectivity index (χ0v) is 5.65. The highest BCUT2D eigenvalue weighted by Crippen LogP contribution is 1.93. The summed E-state index contributed by atoms with van der Waals surface area (Å²) in [4.78, 5) is 4.05. The molecule has 0 atom stereocenters. The lowest BCUT2D eigenvalue weighted by molar-refractivity contribution is 0.321. The van der Waals surface area contributed by atoms with Gasteiger partial charge in [-0.1, -0.05) is 11.2 Å². The van der Waals surface area contributed by atoms with Crippen LogP contribution in [0.4, 0.5) is 0 Å². The molecule has 0 amide bonds. The minimum absolute atomic E-state index is 0.669. The standard InChI is InChI=1S/C7H8N2O/c1-6-3-2-4-7(9-6)5-8-10/h2-5,10H,1H3. The third-order valence-electron chi connectivity index (χ3n) is 1.10. The van der Waals surface area contributed by atoms with Gasteiger partial charge in [0.2, 0.25) is 0 Å². The molecular weight excluding hydrogens is 128 g/mol. The maximum atomic E-state index is 8.14. The normalized spacial score (nSPS) is 10.5. The highest BCUT2D eigenvalue weighted by atomic mass is 16.4. The maximum Gasteiger partial charge on any atom is 0.0918 e. The van der Waals surface area contributed by atoms with Crippen molar-refractivity contribution >= 4 is 6.21 Å². The number of hydrogen-bond donors (Lipinski definition) is 1. The van der Waals surface area contributed by atoms with Crippen LogP contribution in [-0.4, -0.2) is 16.4 Å². The van der Waals surface area contributed by atoms with Crippen molar-refractivity contribution in [1.29, 1.82) is 0 Å². The summed E-state index contributed by atoms with van der Waals surface area (Å²) in [6, 6.07) is 5.51. The van der Waals surface area contributed by atoms with Gasteiger partial charge in [-0.2, -0.15) is 0 Å². The summed E-state index contributed by atoms with van der Waals surface area (Å²) in [7, 11) is 0. The Hall–Kier alpha value is -1.38. The molecule has 1 N–H and O–H groups in total. The summed E-state index contributed by atoms with van der Waals surface area (Å²) in [6.45, 7) is 1.88. The van der Waals surface area contributed by atoms with E-state index in [1.54, 1.807) is 6.07 Å². The monoisotopic (exact) mass is 136 g/mol. The van der Waals surface area contributed by atoms with Gasteiger partial charge in [-0.05, 0) is 19.1 Å². The van der Waals surface area contributed by atoms with E-state index in [1.165, 1.54) is 6.21 Å². The minimum Gasteiger partial charge on any atom is -0.411 e. The van der Waals surface area contributed by atoms with E-state index in [0.29, 0.717) is 5.69 Å². The van der Waals surface area contributed by atoms with Crippen molar-refractivity contribution in [2.45, 2.75) is 6.92 Å². The molecule has 1 heterocycles. The smallest absolute Gasteiger partial charge is 0.0918 e. The van der Waals surface area contributed by atoms with Crippen molar-refractivity contribution in [3.8, 4) is 0 Å². The Kier molecular flexibility index (Phi) is 1.99. The Morgan fingerprint density at radius 1 is 1.60 bits per heavy atom. The molecule has 10 heavy (non-hydrogen) atoms. The summed E-state index contributed by atoms with van der Waals surface area (Å²) in [6.07, 6.45) is 1.30. The highest BCUT2D eigenvalue weighted by Gasteiger charge is 1.87. The summed E-state index contributed by atoms with van der Waals surface area (Å²) < 4.78 is 0. The zero-order chi connectivity index (χ0) is 7.40. The van der Waals surface area contributed by atoms with Crippen LogP contribution < -0.4 is 0 Å². The van der Waals surface area contributed by atoms with E-state index in [0.717, 1.165) is 5.69 Å². The fourth-order valence-electron chi connectivity index (χ4n) is 0.695. The van der Waals surface area contributed by atoms with Crippen molar-refractivity contribution in [2.24, 2.45) is 5.16 Å². The molecule has 0 fully saturated rings. The van der Waals surface area contributed by atoms with Crippen molar-refractivity contribution in [2.75, 3.05) is 0 Å². The number of aryl methyl sites for hydroxylation is 1. The van der Waals surface area contributed by atoms with Gasteiger partial charge in [0, 0.05) is 5.69 Å². The topological polar surface area (TPSA) is 45.5 Å². The number of oxime groups is 1. The van der Waals surface area contributed by atoms with Gasteiger partial charge < -0.3 is 5.21 Å². The molecule has 0 aliphatic carbocycles. The van der Waals surface area contributed by atoms with Gasteiger partial charge in [0.15, 0.2) is 0 Å². The predicted molar refractivity (Wildman–Crippen MR) is 38.4 cm³/mol. The van der Waals surface area contributed by atoms with E-state index >= 15 is 0 Å². The van der Waals surface area contributed by atoms with Crippen LogP contribution in [0.25, 0.3) is 0 Å². The van der Waals surface area contributed by atoms with Gasteiger partial charge in [0.1, 0.15) is 0 Å². The van der Waals surface area contributed by atoms with E-state index < -0.39 is 0 Å². The second-order valence-electron chi connectivity index (χ2n) is 1.95. The summed E-state index contributed by atoms with van der Waals surface area (Å²) in [5.74, 6) is 0. The third-order valence-corrected chi connectivity index (χ3v) is 1.10. The maximum absolute atomic E-state index is 8.14. The van der Waals surface area contributed by atoms with Gasteiger partial charge in [-0.25, -0.2) is 0 Å². The van der Waals surface area contributed by atoms with Gasteiger partial charge in [0.25, 0.3) is 0 Å². The zero-order valence-electron chi connectivity index (χ0n) is 5.65. The fraction of sp³-hybridized carbons (Fsp3) is 0.143. The Labute approximate surface area is 59.0 Å². The predicted octanol–water partition coefficient (Wildman–Crippen LogP) is 1.20. The lowest BCUT2D eigenvalue weighted by Crippen LogP contribution is -1.88. The molecule has 0 spiro atoms.